The number of nitrogens with zero attached hydrogens (tertiary/aromatic N) is 2. The molecule has 0 fully saturated rings. The molecule has 2 rings (SSSR count). The van der Waals surface area contributed by atoms with Crippen molar-refractivity contribution >= 4 is 32.3 Å². The van der Waals surface area contributed by atoms with E-state index in [1.54, 1.807) is 12.1 Å². The lowest BCUT2D eigenvalue weighted by molar-refractivity contribution is 0.602. The first-order chi connectivity index (χ1) is 7.95. The first-order valence-electron chi connectivity index (χ1n) is 4.62. The van der Waals surface area contributed by atoms with Crippen LogP contribution in [0.15, 0.2) is 29.3 Å². The maximum absolute atomic E-state index is 11.6. The molecule has 0 saturated carbocycles. The van der Waals surface area contributed by atoms with Crippen LogP contribution >= 0.6 is 11.6 Å². The number of halogens is 1. The Morgan fingerprint density at radius 1 is 1.41 bits per heavy atom. The number of hydrogen-bond acceptors (Lipinski definition) is 4. The number of benzene rings is 1. The van der Waals surface area contributed by atoms with Gasteiger partial charge >= 0.3 is 0 Å². The molecular formula is C11H7ClN2O2S. The molecule has 0 radical (unpaired) electrons. The highest BCUT2D eigenvalue weighted by Gasteiger charge is 2.16. The van der Waals surface area contributed by atoms with E-state index in [0.29, 0.717) is 10.9 Å². The van der Waals surface area contributed by atoms with Crippen LogP contribution in [0.2, 0.25) is 5.02 Å². The summed E-state index contributed by atoms with van der Waals surface area (Å²) in [5.41, 5.74) is 0.618. The third-order valence-electron chi connectivity index (χ3n) is 2.31. The molecule has 0 aliphatic carbocycles. The quantitative estimate of drug-likeness (QED) is 0.793. The van der Waals surface area contributed by atoms with Crippen molar-refractivity contribution in [2.24, 2.45) is 0 Å². The molecule has 86 valence electrons. The van der Waals surface area contributed by atoms with E-state index >= 15 is 0 Å². The van der Waals surface area contributed by atoms with Crippen molar-refractivity contribution in [2.75, 3.05) is 6.26 Å². The number of aromatic nitrogens is 1. The van der Waals surface area contributed by atoms with Gasteiger partial charge in [0.1, 0.15) is 6.07 Å². The van der Waals surface area contributed by atoms with E-state index in [9.17, 15) is 8.42 Å². The second kappa shape index (κ2) is 3.99. The molecule has 0 unspecified atom stereocenters. The van der Waals surface area contributed by atoms with Gasteiger partial charge in [-0.3, -0.25) is 4.98 Å². The fraction of sp³-hybridized carbons (Fsp3) is 0.0909. The SMILES string of the molecule is CS(=O)(=O)c1cccc2ncc(C#N)c(Cl)c12. The number of rotatable bonds is 1. The second-order valence-corrected chi connectivity index (χ2v) is 5.88. The summed E-state index contributed by atoms with van der Waals surface area (Å²) >= 11 is 6.03. The predicted molar refractivity (Wildman–Crippen MR) is 64.6 cm³/mol. The van der Waals surface area contributed by atoms with Gasteiger partial charge in [0.2, 0.25) is 0 Å². The molecule has 4 nitrogen and oxygen atoms in total. The lowest BCUT2D eigenvalue weighted by Crippen LogP contribution is -1.99. The molecule has 0 aliphatic rings. The number of fused-ring (bicyclic) bond motifs is 1. The predicted octanol–water partition coefficient (Wildman–Crippen LogP) is 2.16. The van der Waals surface area contributed by atoms with Crippen LogP contribution in [0.1, 0.15) is 5.56 Å². The third kappa shape index (κ3) is 1.97. The monoisotopic (exact) mass is 266 g/mol. The summed E-state index contributed by atoms with van der Waals surface area (Å²) in [7, 11) is -3.41. The van der Waals surface area contributed by atoms with E-state index < -0.39 is 9.84 Å². The molecule has 1 aromatic heterocycles. The molecule has 17 heavy (non-hydrogen) atoms. The zero-order valence-electron chi connectivity index (χ0n) is 8.81. The summed E-state index contributed by atoms with van der Waals surface area (Å²) < 4.78 is 23.3. The van der Waals surface area contributed by atoms with Gasteiger partial charge in [-0.2, -0.15) is 5.26 Å². The molecule has 0 spiro atoms. The maximum Gasteiger partial charge on any atom is 0.176 e. The Bertz CT molecular complexity index is 748. The van der Waals surface area contributed by atoms with E-state index in [1.165, 1.54) is 12.3 Å². The smallest absolute Gasteiger partial charge is 0.176 e. The Balaban J connectivity index is 3.03. The lowest BCUT2D eigenvalue weighted by atomic mass is 10.2. The van der Waals surface area contributed by atoms with Gasteiger partial charge < -0.3 is 0 Å². The highest BCUT2D eigenvalue weighted by molar-refractivity contribution is 7.91. The van der Waals surface area contributed by atoms with Gasteiger partial charge in [0.25, 0.3) is 0 Å². The van der Waals surface area contributed by atoms with Crippen molar-refractivity contribution in [2.45, 2.75) is 4.90 Å². The minimum absolute atomic E-state index is 0.0876. The normalized spacial score (nSPS) is 11.4. The summed E-state index contributed by atoms with van der Waals surface area (Å²) in [6, 6.07) is 6.57. The van der Waals surface area contributed by atoms with Crippen molar-refractivity contribution in [3.63, 3.8) is 0 Å². The van der Waals surface area contributed by atoms with Crippen molar-refractivity contribution < 1.29 is 8.42 Å². The molecule has 2 aromatic rings. The minimum Gasteiger partial charge on any atom is -0.255 e. The van der Waals surface area contributed by atoms with Crippen LogP contribution < -0.4 is 0 Å². The molecule has 1 aromatic carbocycles. The van der Waals surface area contributed by atoms with Crippen LogP contribution in [0.25, 0.3) is 10.9 Å². The van der Waals surface area contributed by atoms with Gasteiger partial charge in [0, 0.05) is 17.8 Å². The van der Waals surface area contributed by atoms with Crippen molar-refractivity contribution in [1.29, 1.82) is 5.26 Å². The topological polar surface area (TPSA) is 70.8 Å². The van der Waals surface area contributed by atoms with E-state index in [1.807, 2.05) is 6.07 Å². The molecule has 0 bridgehead atoms. The minimum atomic E-state index is -3.41. The number of nitriles is 1. The van der Waals surface area contributed by atoms with Gasteiger partial charge in [-0.05, 0) is 12.1 Å². The lowest BCUT2D eigenvalue weighted by Gasteiger charge is -2.06. The van der Waals surface area contributed by atoms with Crippen molar-refractivity contribution in [1.82, 2.24) is 4.98 Å². The zero-order chi connectivity index (χ0) is 12.6. The Morgan fingerprint density at radius 3 is 2.71 bits per heavy atom. The first kappa shape index (κ1) is 11.8. The van der Waals surface area contributed by atoms with E-state index in [0.717, 1.165) is 6.26 Å². The molecule has 0 atom stereocenters. The Kier molecular flexibility index (Phi) is 2.77. The van der Waals surface area contributed by atoms with Crippen LogP contribution in [0.4, 0.5) is 0 Å². The maximum atomic E-state index is 11.6. The fourth-order valence-electron chi connectivity index (χ4n) is 1.56. The van der Waals surface area contributed by atoms with Gasteiger partial charge in [-0.1, -0.05) is 17.7 Å². The van der Waals surface area contributed by atoms with Crippen LogP contribution in [-0.2, 0) is 9.84 Å². The summed E-state index contributed by atoms with van der Waals surface area (Å²) in [6.45, 7) is 0. The summed E-state index contributed by atoms with van der Waals surface area (Å²) in [6.07, 6.45) is 2.42. The number of sulfone groups is 1. The van der Waals surface area contributed by atoms with Crippen molar-refractivity contribution in [3.05, 3.63) is 35.0 Å². The molecule has 6 heteroatoms. The van der Waals surface area contributed by atoms with Crippen LogP contribution in [0.3, 0.4) is 0 Å². The summed E-state index contributed by atoms with van der Waals surface area (Å²) in [4.78, 5) is 4.10. The van der Waals surface area contributed by atoms with Gasteiger partial charge in [-0.15, -0.1) is 0 Å². The van der Waals surface area contributed by atoms with Crippen molar-refractivity contribution in [3.8, 4) is 6.07 Å². The molecule has 1 heterocycles. The Labute approximate surface area is 103 Å². The average molecular weight is 267 g/mol. The number of hydrogen-bond donors (Lipinski definition) is 0. The Hall–Kier alpha value is -1.64. The van der Waals surface area contributed by atoms with E-state index in [-0.39, 0.29) is 15.5 Å². The number of pyridine rings is 1. The highest BCUT2D eigenvalue weighted by atomic mass is 35.5. The molecular weight excluding hydrogens is 260 g/mol. The second-order valence-electron chi connectivity index (χ2n) is 3.52. The summed E-state index contributed by atoms with van der Waals surface area (Å²) in [5.74, 6) is 0. The van der Waals surface area contributed by atoms with Gasteiger partial charge in [0.05, 0.1) is 21.0 Å². The zero-order valence-corrected chi connectivity index (χ0v) is 10.4. The van der Waals surface area contributed by atoms with E-state index in [4.69, 9.17) is 16.9 Å². The molecule has 0 amide bonds. The van der Waals surface area contributed by atoms with Crippen LogP contribution in [0.5, 0.6) is 0 Å². The Morgan fingerprint density at radius 2 is 2.12 bits per heavy atom. The van der Waals surface area contributed by atoms with Gasteiger partial charge in [0.15, 0.2) is 9.84 Å². The standard InChI is InChI=1S/C11H7ClN2O2S/c1-17(15,16)9-4-2-3-8-10(9)11(12)7(5-13)6-14-8/h2-4,6H,1H3. The van der Waals surface area contributed by atoms with Gasteiger partial charge in [-0.25, -0.2) is 8.42 Å². The molecule has 0 saturated heterocycles. The third-order valence-corrected chi connectivity index (χ3v) is 3.84. The van der Waals surface area contributed by atoms with Crippen LogP contribution in [0, 0.1) is 11.3 Å². The highest BCUT2D eigenvalue weighted by Crippen LogP contribution is 2.30. The average Bonchev–Trinajstić information content (AvgIpc) is 2.28. The molecule has 0 aliphatic heterocycles. The first-order valence-corrected chi connectivity index (χ1v) is 6.89. The fourth-order valence-corrected chi connectivity index (χ4v) is 2.81. The van der Waals surface area contributed by atoms with Crippen LogP contribution in [-0.4, -0.2) is 19.7 Å². The summed E-state index contributed by atoms with van der Waals surface area (Å²) in [5, 5.41) is 9.27. The molecule has 0 N–H and O–H groups in total. The largest absolute Gasteiger partial charge is 0.255 e. The van der Waals surface area contributed by atoms with E-state index in [2.05, 4.69) is 4.98 Å².